The lowest BCUT2D eigenvalue weighted by Gasteiger charge is -2.03. The van der Waals surface area contributed by atoms with Crippen LogP contribution < -0.4 is 0 Å². The van der Waals surface area contributed by atoms with Gasteiger partial charge in [-0.1, -0.05) is 0 Å². The second-order valence-corrected chi connectivity index (χ2v) is 3.46. The van der Waals surface area contributed by atoms with E-state index in [-0.39, 0.29) is 5.75 Å². The Morgan fingerprint density at radius 1 is 1.53 bits per heavy atom. The molecular weight excluding hydrogens is 217 g/mol. The van der Waals surface area contributed by atoms with Gasteiger partial charge in [0.15, 0.2) is 10.6 Å². The topological polar surface area (TPSA) is 53.8 Å². The van der Waals surface area contributed by atoms with Crippen LogP contribution in [0.15, 0.2) is 18.2 Å². The fourth-order valence-corrected chi connectivity index (χ4v) is 1.41. The van der Waals surface area contributed by atoms with E-state index in [1.807, 2.05) is 0 Å². The molecule has 6 heteroatoms. The van der Waals surface area contributed by atoms with Crippen LogP contribution in [0.3, 0.4) is 0 Å². The number of aromatic nitrogens is 3. The van der Waals surface area contributed by atoms with Gasteiger partial charge >= 0.3 is 0 Å². The number of nitrogens with zero attached hydrogens (tertiary/aromatic N) is 2. The zero-order chi connectivity index (χ0) is 11.0. The zero-order valence-electron chi connectivity index (χ0n) is 7.86. The molecule has 1 aromatic carbocycles. The normalized spacial score (nSPS) is 10.5. The van der Waals surface area contributed by atoms with Crippen LogP contribution in [0.5, 0.6) is 5.75 Å². The quantitative estimate of drug-likeness (QED) is 0.730. The second kappa shape index (κ2) is 3.47. The van der Waals surface area contributed by atoms with E-state index in [1.54, 1.807) is 11.6 Å². The third-order valence-corrected chi connectivity index (χ3v) is 2.45. The molecular formula is C9H8FN3OS. The van der Waals surface area contributed by atoms with Crippen molar-refractivity contribution in [2.45, 2.75) is 0 Å². The number of hydrogen-bond donors (Lipinski definition) is 2. The van der Waals surface area contributed by atoms with Crippen molar-refractivity contribution in [2.75, 3.05) is 0 Å². The maximum absolute atomic E-state index is 12.8. The summed E-state index contributed by atoms with van der Waals surface area (Å²) in [6.45, 7) is 0. The number of nitrogens with one attached hydrogen (secondary N) is 1. The van der Waals surface area contributed by atoms with Gasteiger partial charge < -0.3 is 9.67 Å². The first kappa shape index (κ1) is 9.85. The number of hydrogen-bond acceptors (Lipinski definition) is 3. The summed E-state index contributed by atoms with van der Waals surface area (Å²) in [5.41, 5.74) is 0.436. The number of H-pyrrole nitrogens is 1. The molecule has 1 heterocycles. The van der Waals surface area contributed by atoms with Crippen LogP contribution in [0, 0.1) is 10.6 Å². The van der Waals surface area contributed by atoms with Crippen molar-refractivity contribution in [1.82, 2.24) is 14.8 Å². The number of aromatic hydroxyl groups is 1. The SMILES string of the molecule is Cn1c(-c2ccc(F)cc2O)n[nH]c1=S. The van der Waals surface area contributed by atoms with Gasteiger partial charge in [-0.3, -0.25) is 5.10 Å². The summed E-state index contributed by atoms with van der Waals surface area (Å²) in [5.74, 6) is -0.183. The maximum Gasteiger partial charge on any atom is 0.195 e. The zero-order valence-corrected chi connectivity index (χ0v) is 8.68. The van der Waals surface area contributed by atoms with E-state index in [1.165, 1.54) is 12.1 Å². The predicted octanol–water partition coefficient (Wildman–Crippen LogP) is 1.99. The van der Waals surface area contributed by atoms with Crippen molar-refractivity contribution in [2.24, 2.45) is 7.05 Å². The van der Waals surface area contributed by atoms with Gasteiger partial charge in [0.05, 0.1) is 5.56 Å². The van der Waals surface area contributed by atoms with Crippen molar-refractivity contribution < 1.29 is 9.50 Å². The summed E-state index contributed by atoms with van der Waals surface area (Å²) in [6.07, 6.45) is 0. The highest BCUT2D eigenvalue weighted by atomic mass is 32.1. The van der Waals surface area contributed by atoms with Crippen LogP contribution in [0.4, 0.5) is 4.39 Å². The Morgan fingerprint density at radius 2 is 2.27 bits per heavy atom. The number of halogens is 1. The van der Waals surface area contributed by atoms with E-state index in [4.69, 9.17) is 12.2 Å². The summed E-state index contributed by atoms with van der Waals surface area (Å²) in [5, 5.41) is 16.1. The molecule has 0 saturated heterocycles. The van der Waals surface area contributed by atoms with E-state index in [2.05, 4.69) is 10.2 Å². The van der Waals surface area contributed by atoms with Crippen molar-refractivity contribution in [3.8, 4) is 17.1 Å². The molecule has 0 aliphatic carbocycles. The molecule has 0 unspecified atom stereocenters. The fourth-order valence-electron chi connectivity index (χ4n) is 1.28. The van der Waals surface area contributed by atoms with Gasteiger partial charge in [-0.2, -0.15) is 5.10 Å². The lowest BCUT2D eigenvalue weighted by atomic mass is 10.2. The molecule has 0 spiro atoms. The third kappa shape index (κ3) is 1.63. The Morgan fingerprint density at radius 3 is 2.80 bits per heavy atom. The molecule has 15 heavy (non-hydrogen) atoms. The molecule has 0 saturated carbocycles. The first-order valence-corrected chi connectivity index (χ1v) is 4.60. The van der Waals surface area contributed by atoms with E-state index in [0.717, 1.165) is 6.07 Å². The molecule has 0 amide bonds. The number of phenolic OH excluding ortho intramolecular Hbond substituents is 1. The number of rotatable bonds is 1. The van der Waals surface area contributed by atoms with Gasteiger partial charge in [0.1, 0.15) is 11.6 Å². The minimum atomic E-state index is -0.493. The van der Waals surface area contributed by atoms with Crippen LogP contribution in [-0.2, 0) is 7.05 Å². The van der Waals surface area contributed by atoms with E-state index >= 15 is 0 Å². The van der Waals surface area contributed by atoms with Gasteiger partial charge in [0.25, 0.3) is 0 Å². The predicted molar refractivity (Wildman–Crippen MR) is 55.5 cm³/mol. The van der Waals surface area contributed by atoms with Crippen LogP contribution in [0.1, 0.15) is 0 Å². The average Bonchev–Trinajstić information content (AvgIpc) is 2.49. The Bertz CT molecular complexity index is 561. The molecule has 4 nitrogen and oxygen atoms in total. The first-order valence-electron chi connectivity index (χ1n) is 4.20. The molecule has 1 aromatic heterocycles. The summed E-state index contributed by atoms with van der Waals surface area (Å²) in [7, 11) is 1.71. The van der Waals surface area contributed by atoms with Crippen molar-refractivity contribution >= 4 is 12.2 Å². The van der Waals surface area contributed by atoms with E-state index in [0.29, 0.717) is 16.2 Å². The molecule has 78 valence electrons. The van der Waals surface area contributed by atoms with Crippen molar-refractivity contribution in [3.63, 3.8) is 0 Å². The molecule has 0 aliphatic rings. The Balaban J connectivity index is 2.64. The summed E-state index contributed by atoms with van der Waals surface area (Å²) < 4.78 is 14.8. The molecule has 0 fully saturated rings. The van der Waals surface area contributed by atoms with E-state index in [9.17, 15) is 9.50 Å². The minimum absolute atomic E-state index is 0.160. The van der Waals surface area contributed by atoms with Crippen LogP contribution in [-0.4, -0.2) is 19.9 Å². The largest absolute Gasteiger partial charge is 0.507 e. The third-order valence-electron chi connectivity index (χ3n) is 2.08. The van der Waals surface area contributed by atoms with Gasteiger partial charge in [-0.15, -0.1) is 0 Å². The van der Waals surface area contributed by atoms with Gasteiger partial charge in [-0.25, -0.2) is 4.39 Å². The second-order valence-electron chi connectivity index (χ2n) is 3.07. The molecule has 0 atom stereocenters. The van der Waals surface area contributed by atoms with Gasteiger partial charge in [0.2, 0.25) is 0 Å². The Kier molecular flexibility index (Phi) is 2.28. The average molecular weight is 225 g/mol. The molecule has 2 aromatic rings. The highest BCUT2D eigenvalue weighted by molar-refractivity contribution is 7.71. The summed E-state index contributed by atoms with van der Waals surface area (Å²) in [6, 6.07) is 3.75. The monoisotopic (exact) mass is 225 g/mol. The van der Waals surface area contributed by atoms with Crippen LogP contribution in [0.25, 0.3) is 11.4 Å². The Labute approximate surface area is 90.0 Å². The molecule has 0 radical (unpaired) electrons. The lowest BCUT2D eigenvalue weighted by Crippen LogP contribution is -1.93. The number of benzene rings is 1. The highest BCUT2D eigenvalue weighted by Gasteiger charge is 2.10. The smallest absolute Gasteiger partial charge is 0.195 e. The molecule has 0 bridgehead atoms. The van der Waals surface area contributed by atoms with Gasteiger partial charge in [-0.05, 0) is 24.4 Å². The van der Waals surface area contributed by atoms with Crippen LogP contribution >= 0.6 is 12.2 Å². The first-order chi connectivity index (χ1) is 7.09. The minimum Gasteiger partial charge on any atom is -0.507 e. The number of phenols is 1. The van der Waals surface area contributed by atoms with Crippen molar-refractivity contribution in [3.05, 3.63) is 28.8 Å². The highest BCUT2D eigenvalue weighted by Crippen LogP contribution is 2.27. The molecule has 0 aliphatic heterocycles. The Hall–Kier alpha value is -1.69. The molecule has 2 rings (SSSR count). The fraction of sp³-hybridized carbons (Fsp3) is 0.111. The van der Waals surface area contributed by atoms with Gasteiger partial charge in [0, 0.05) is 13.1 Å². The molecule has 2 N–H and O–H groups in total. The number of aromatic amines is 1. The summed E-state index contributed by atoms with van der Waals surface area (Å²) in [4.78, 5) is 0. The van der Waals surface area contributed by atoms with E-state index < -0.39 is 5.82 Å². The standard InChI is InChI=1S/C9H8FN3OS/c1-13-8(11-12-9(13)15)6-3-2-5(10)4-7(6)14/h2-4,14H,1H3,(H,12,15). The maximum atomic E-state index is 12.8. The van der Waals surface area contributed by atoms with Crippen molar-refractivity contribution in [1.29, 1.82) is 0 Å². The summed E-state index contributed by atoms with van der Waals surface area (Å²) >= 11 is 4.93. The van der Waals surface area contributed by atoms with Crippen LogP contribution in [0.2, 0.25) is 0 Å². The lowest BCUT2D eigenvalue weighted by molar-refractivity contribution is 0.470.